The molecule has 3 aromatic rings. The summed E-state index contributed by atoms with van der Waals surface area (Å²) < 4.78 is 48.6. The van der Waals surface area contributed by atoms with E-state index in [0.29, 0.717) is 46.7 Å². The zero-order valence-corrected chi connectivity index (χ0v) is 20.4. The minimum absolute atomic E-state index is 0.0440. The van der Waals surface area contributed by atoms with Crippen molar-refractivity contribution in [2.75, 3.05) is 31.6 Å². The molecule has 1 aliphatic carbocycles. The van der Waals surface area contributed by atoms with Crippen LogP contribution in [0.25, 0.3) is 10.9 Å². The van der Waals surface area contributed by atoms with Gasteiger partial charge < -0.3 is 15.2 Å². The van der Waals surface area contributed by atoms with Crippen LogP contribution in [0, 0.1) is 0 Å². The van der Waals surface area contributed by atoms with Crippen LogP contribution in [0.1, 0.15) is 30.4 Å². The molecule has 3 aliphatic rings. The molecule has 1 saturated carbocycles. The molecule has 2 aromatic heterocycles. The molecule has 36 heavy (non-hydrogen) atoms. The van der Waals surface area contributed by atoms with Crippen molar-refractivity contribution in [2.24, 2.45) is 0 Å². The zero-order valence-electron chi connectivity index (χ0n) is 18.9. The van der Waals surface area contributed by atoms with Gasteiger partial charge in [0.05, 0.1) is 42.8 Å². The number of rotatable bonds is 5. The summed E-state index contributed by atoms with van der Waals surface area (Å²) in [6.45, 7) is 1.47. The summed E-state index contributed by atoms with van der Waals surface area (Å²) in [6.07, 6.45) is 1.38. The molecular formula is C23H23Cl2F3N6O2. The third kappa shape index (κ3) is 4.30. The molecule has 3 fully saturated rings. The number of ether oxygens (including phenoxy) is 1. The number of aromatic nitrogens is 4. The summed E-state index contributed by atoms with van der Waals surface area (Å²) in [5, 5.41) is 18.1. The largest absolute Gasteiger partial charge is 0.389 e. The number of fused-ring (bicyclic) bond motifs is 1. The van der Waals surface area contributed by atoms with Crippen LogP contribution in [-0.4, -0.2) is 80.3 Å². The van der Waals surface area contributed by atoms with Gasteiger partial charge in [0.15, 0.2) is 5.15 Å². The first-order valence-electron chi connectivity index (χ1n) is 11.7. The quantitative estimate of drug-likeness (QED) is 0.495. The summed E-state index contributed by atoms with van der Waals surface area (Å²) in [6, 6.07) is 2.23. The van der Waals surface area contributed by atoms with E-state index in [1.807, 2.05) is 4.90 Å². The Hall–Kier alpha value is -2.18. The second-order valence-corrected chi connectivity index (χ2v) is 10.4. The predicted molar refractivity (Wildman–Crippen MR) is 128 cm³/mol. The topological polar surface area (TPSA) is 88.3 Å². The van der Waals surface area contributed by atoms with Gasteiger partial charge in [0, 0.05) is 35.5 Å². The summed E-state index contributed by atoms with van der Waals surface area (Å²) in [7, 11) is 0. The van der Waals surface area contributed by atoms with Crippen molar-refractivity contribution in [1.82, 2.24) is 24.6 Å². The molecule has 13 heteroatoms. The van der Waals surface area contributed by atoms with E-state index in [-0.39, 0.29) is 36.7 Å². The van der Waals surface area contributed by atoms with Gasteiger partial charge in [0.25, 0.3) is 5.92 Å². The zero-order chi connectivity index (χ0) is 25.2. The molecule has 5 atom stereocenters. The van der Waals surface area contributed by atoms with Crippen LogP contribution in [0.2, 0.25) is 10.2 Å². The molecule has 6 rings (SSSR count). The van der Waals surface area contributed by atoms with Crippen molar-refractivity contribution in [3.63, 3.8) is 0 Å². The molecule has 8 nitrogen and oxygen atoms in total. The van der Waals surface area contributed by atoms with E-state index in [2.05, 4.69) is 20.4 Å². The monoisotopic (exact) mass is 542 g/mol. The minimum atomic E-state index is -2.81. The highest BCUT2D eigenvalue weighted by Crippen LogP contribution is 2.53. The molecule has 0 spiro atoms. The number of likely N-dealkylation sites (tertiary alicyclic amines) is 1. The molecule has 1 aromatic carbocycles. The number of alkyl halides is 3. The highest BCUT2D eigenvalue weighted by atomic mass is 35.5. The van der Waals surface area contributed by atoms with E-state index in [1.54, 1.807) is 18.3 Å². The fourth-order valence-electron chi connectivity index (χ4n) is 5.11. The van der Waals surface area contributed by atoms with Gasteiger partial charge in [-0.15, -0.1) is 0 Å². The van der Waals surface area contributed by atoms with E-state index < -0.39 is 30.2 Å². The highest BCUT2D eigenvalue weighted by molar-refractivity contribution is 6.32. The van der Waals surface area contributed by atoms with E-state index in [4.69, 9.17) is 27.9 Å². The molecule has 2 aliphatic heterocycles. The Bertz CT molecular complexity index is 1310. The van der Waals surface area contributed by atoms with Gasteiger partial charge in [0.1, 0.15) is 12.2 Å². The molecule has 0 bridgehead atoms. The number of hydrogen-bond donors (Lipinski definition) is 2. The first-order valence-corrected chi connectivity index (χ1v) is 12.4. The minimum Gasteiger partial charge on any atom is -0.389 e. The lowest BCUT2D eigenvalue weighted by atomic mass is 9.86. The third-order valence-electron chi connectivity index (χ3n) is 7.23. The number of nitrogens with zero attached hydrogens (tertiary/aromatic N) is 5. The fraction of sp³-hybridized carbons (Fsp3) is 0.522. The maximum Gasteiger partial charge on any atom is 0.272 e. The SMILES string of the molecule is O[C@H]1COC[C@H]1N1CC[C@@H](c2cc3nc(Nc4cnn([C@H]5CC5(F)F)c4Cl)ncc3cc2Cl)[C@H](F)C1. The normalized spacial score (nSPS) is 30.1. The third-order valence-corrected chi connectivity index (χ3v) is 7.93. The fourth-order valence-corrected chi connectivity index (χ4v) is 5.67. The average molecular weight is 543 g/mol. The van der Waals surface area contributed by atoms with Gasteiger partial charge in [-0.05, 0) is 30.7 Å². The van der Waals surface area contributed by atoms with Gasteiger partial charge in [-0.3, -0.25) is 4.90 Å². The maximum atomic E-state index is 15.3. The standard InChI is InChI=1S/C23H23Cl2F3N6O2/c24-14-3-11-6-29-22(32-17-7-30-34(21(17)25)20-5-23(20,27)28)31-16(11)4-13(14)12-1-2-33(8-15(12)26)18-9-36-10-19(18)35/h3-4,6-7,12,15,18-20,35H,1-2,5,8-10H2,(H,29,31,32)/t12-,15+,18+,19-,20-/m0/s1. The Morgan fingerprint density at radius 3 is 2.69 bits per heavy atom. The van der Waals surface area contributed by atoms with Crippen molar-refractivity contribution in [1.29, 1.82) is 0 Å². The number of aliphatic hydroxyl groups is 1. The van der Waals surface area contributed by atoms with Gasteiger partial charge in [-0.25, -0.2) is 27.8 Å². The van der Waals surface area contributed by atoms with Crippen molar-refractivity contribution in [2.45, 2.75) is 49.0 Å². The number of piperidine rings is 1. The first-order chi connectivity index (χ1) is 17.2. The second kappa shape index (κ2) is 8.98. The molecule has 0 radical (unpaired) electrons. The number of hydrogen-bond acceptors (Lipinski definition) is 7. The Balaban J connectivity index is 1.22. The summed E-state index contributed by atoms with van der Waals surface area (Å²) in [5.74, 6) is -3.03. The van der Waals surface area contributed by atoms with Gasteiger partial charge in [-0.1, -0.05) is 23.2 Å². The summed E-state index contributed by atoms with van der Waals surface area (Å²) in [4.78, 5) is 10.7. The number of aliphatic hydroxyl groups excluding tert-OH is 1. The van der Waals surface area contributed by atoms with Crippen LogP contribution in [0.5, 0.6) is 0 Å². The van der Waals surface area contributed by atoms with Gasteiger partial charge in [0.2, 0.25) is 5.95 Å². The molecule has 0 unspecified atom stereocenters. The van der Waals surface area contributed by atoms with Crippen LogP contribution < -0.4 is 5.32 Å². The van der Waals surface area contributed by atoms with Gasteiger partial charge in [-0.2, -0.15) is 5.10 Å². The lowest BCUT2D eigenvalue weighted by Gasteiger charge is -2.39. The van der Waals surface area contributed by atoms with Crippen LogP contribution in [0.4, 0.5) is 24.8 Å². The van der Waals surface area contributed by atoms with Crippen molar-refractivity contribution >= 4 is 45.7 Å². The number of halogens is 5. The lowest BCUT2D eigenvalue weighted by molar-refractivity contribution is 0.0353. The molecule has 2 N–H and O–H groups in total. The molecule has 4 heterocycles. The second-order valence-electron chi connectivity index (χ2n) is 9.60. The maximum absolute atomic E-state index is 15.3. The van der Waals surface area contributed by atoms with Crippen LogP contribution in [0.15, 0.2) is 24.5 Å². The van der Waals surface area contributed by atoms with E-state index in [0.717, 1.165) is 4.68 Å². The van der Waals surface area contributed by atoms with E-state index >= 15 is 4.39 Å². The Morgan fingerprint density at radius 2 is 2.00 bits per heavy atom. The highest BCUT2D eigenvalue weighted by Gasteiger charge is 2.59. The molecule has 2 saturated heterocycles. The lowest BCUT2D eigenvalue weighted by Crippen LogP contribution is -2.50. The van der Waals surface area contributed by atoms with Crippen molar-refractivity contribution < 1.29 is 23.0 Å². The number of benzene rings is 1. The Kier molecular flexibility index (Phi) is 6.03. The predicted octanol–water partition coefficient (Wildman–Crippen LogP) is 4.34. The summed E-state index contributed by atoms with van der Waals surface area (Å²) in [5.41, 5.74) is 1.52. The molecule has 0 amide bonds. The smallest absolute Gasteiger partial charge is 0.272 e. The van der Waals surface area contributed by atoms with Crippen LogP contribution >= 0.6 is 23.2 Å². The Morgan fingerprint density at radius 1 is 1.19 bits per heavy atom. The van der Waals surface area contributed by atoms with Crippen molar-refractivity contribution in [3.05, 3.63) is 40.3 Å². The molecular weight excluding hydrogens is 520 g/mol. The number of anilines is 2. The first kappa shape index (κ1) is 24.2. The summed E-state index contributed by atoms with van der Waals surface area (Å²) >= 11 is 12.8. The van der Waals surface area contributed by atoms with Crippen LogP contribution in [0.3, 0.4) is 0 Å². The van der Waals surface area contributed by atoms with Crippen LogP contribution in [-0.2, 0) is 4.74 Å². The van der Waals surface area contributed by atoms with E-state index in [9.17, 15) is 13.9 Å². The average Bonchev–Trinajstić information content (AvgIpc) is 3.12. The molecule has 192 valence electrons. The Labute approximate surface area is 214 Å². The van der Waals surface area contributed by atoms with E-state index in [1.165, 1.54) is 6.20 Å². The number of nitrogens with one attached hydrogen (secondary N) is 1. The van der Waals surface area contributed by atoms with Gasteiger partial charge >= 0.3 is 0 Å². The van der Waals surface area contributed by atoms with Crippen molar-refractivity contribution in [3.8, 4) is 0 Å².